The van der Waals surface area contributed by atoms with Crippen molar-refractivity contribution in [1.29, 1.82) is 0 Å². The minimum atomic E-state index is -0.554. The van der Waals surface area contributed by atoms with Gasteiger partial charge in [0, 0.05) is 10.2 Å². The maximum Gasteiger partial charge on any atom is 0.373 e. The van der Waals surface area contributed by atoms with E-state index in [2.05, 4.69) is 31.2 Å². The fourth-order valence-corrected chi connectivity index (χ4v) is 2.57. The zero-order valence-corrected chi connectivity index (χ0v) is 15.6. The standard InChI is InChI=1S/C18H15BrN4O3/c1-11-3-4-12(2)15(9-11)22-17-16(23(24)25)18(21-10-20-17)26-14-7-5-13(19)6-8-14/h3-10H,1-2H3,(H,20,21,22). The van der Waals surface area contributed by atoms with E-state index in [1.54, 1.807) is 24.3 Å². The molecule has 8 heteroatoms. The van der Waals surface area contributed by atoms with E-state index in [4.69, 9.17) is 4.74 Å². The highest BCUT2D eigenvalue weighted by atomic mass is 79.9. The molecule has 0 radical (unpaired) electrons. The third kappa shape index (κ3) is 3.97. The number of nitro groups is 1. The first kappa shape index (κ1) is 17.8. The van der Waals surface area contributed by atoms with Crippen LogP contribution >= 0.6 is 15.9 Å². The summed E-state index contributed by atoms with van der Waals surface area (Å²) < 4.78 is 6.48. The maximum absolute atomic E-state index is 11.6. The minimum absolute atomic E-state index is 0.0748. The highest BCUT2D eigenvalue weighted by Gasteiger charge is 2.25. The van der Waals surface area contributed by atoms with Crippen LogP contribution in [0.5, 0.6) is 11.6 Å². The van der Waals surface area contributed by atoms with Crippen LogP contribution in [0.25, 0.3) is 0 Å². The summed E-state index contributed by atoms with van der Waals surface area (Å²) in [4.78, 5) is 19.0. The lowest BCUT2D eigenvalue weighted by atomic mass is 10.1. The second-order valence-electron chi connectivity index (χ2n) is 5.63. The summed E-state index contributed by atoms with van der Waals surface area (Å²) in [6.07, 6.45) is 1.23. The number of benzene rings is 2. The summed E-state index contributed by atoms with van der Waals surface area (Å²) in [5.41, 5.74) is 2.39. The number of anilines is 2. The highest BCUT2D eigenvalue weighted by Crippen LogP contribution is 2.36. The van der Waals surface area contributed by atoms with Gasteiger partial charge in [-0.25, -0.2) is 4.98 Å². The van der Waals surface area contributed by atoms with E-state index in [0.717, 1.165) is 21.3 Å². The lowest BCUT2D eigenvalue weighted by molar-refractivity contribution is -0.385. The van der Waals surface area contributed by atoms with Crippen LogP contribution in [-0.4, -0.2) is 14.9 Å². The van der Waals surface area contributed by atoms with Gasteiger partial charge in [-0.1, -0.05) is 28.1 Å². The maximum atomic E-state index is 11.6. The third-order valence-electron chi connectivity index (χ3n) is 3.65. The van der Waals surface area contributed by atoms with Crippen LogP contribution in [0.15, 0.2) is 53.3 Å². The first-order valence-corrected chi connectivity index (χ1v) is 8.50. The molecule has 26 heavy (non-hydrogen) atoms. The Bertz CT molecular complexity index is 961. The van der Waals surface area contributed by atoms with Gasteiger partial charge in [0.05, 0.1) is 4.92 Å². The Morgan fingerprint density at radius 3 is 2.54 bits per heavy atom. The van der Waals surface area contributed by atoms with Crippen molar-refractivity contribution in [3.05, 3.63) is 74.5 Å². The molecule has 0 aliphatic carbocycles. The average Bonchev–Trinajstić information content (AvgIpc) is 2.60. The normalized spacial score (nSPS) is 10.4. The van der Waals surface area contributed by atoms with Crippen LogP contribution < -0.4 is 10.1 Å². The van der Waals surface area contributed by atoms with Crippen molar-refractivity contribution >= 4 is 33.1 Å². The number of aromatic nitrogens is 2. The Kier molecular flexibility index (Phi) is 5.13. The van der Waals surface area contributed by atoms with Crippen molar-refractivity contribution in [2.24, 2.45) is 0 Å². The Hall–Kier alpha value is -3.00. The molecular weight excluding hydrogens is 400 g/mol. The minimum Gasteiger partial charge on any atom is -0.434 e. The van der Waals surface area contributed by atoms with E-state index in [1.165, 1.54) is 6.33 Å². The summed E-state index contributed by atoms with van der Waals surface area (Å²) in [6, 6.07) is 12.7. The fourth-order valence-electron chi connectivity index (χ4n) is 2.31. The molecule has 0 fully saturated rings. The van der Waals surface area contributed by atoms with Crippen LogP contribution in [0, 0.1) is 24.0 Å². The fraction of sp³-hybridized carbons (Fsp3) is 0.111. The van der Waals surface area contributed by atoms with Crippen molar-refractivity contribution < 1.29 is 9.66 Å². The van der Waals surface area contributed by atoms with Crippen molar-refractivity contribution in [3.63, 3.8) is 0 Å². The number of halogens is 1. The monoisotopic (exact) mass is 414 g/mol. The number of rotatable bonds is 5. The second-order valence-corrected chi connectivity index (χ2v) is 6.55. The molecule has 1 aromatic heterocycles. The van der Waals surface area contributed by atoms with Gasteiger partial charge in [0.2, 0.25) is 5.82 Å². The molecule has 0 spiro atoms. The number of ether oxygens (including phenoxy) is 1. The summed E-state index contributed by atoms with van der Waals surface area (Å²) in [7, 11) is 0. The zero-order chi connectivity index (χ0) is 18.7. The molecule has 1 N–H and O–H groups in total. The van der Waals surface area contributed by atoms with Gasteiger partial charge < -0.3 is 10.1 Å². The molecule has 0 saturated heterocycles. The predicted octanol–water partition coefficient (Wildman–Crippen LogP) is 5.30. The topological polar surface area (TPSA) is 90.2 Å². The first-order valence-electron chi connectivity index (χ1n) is 7.71. The summed E-state index contributed by atoms with van der Waals surface area (Å²) >= 11 is 3.33. The number of nitrogens with zero attached hydrogens (tertiary/aromatic N) is 3. The van der Waals surface area contributed by atoms with Crippen molar-refractivity contribution in [1.82, 2.24) is 9.97 Å². The number of aryl methyl sites for hydroxylation is 2. The molecule has 1 heterocycles. The van der Waals surface area contributed by atoms with E-state index in [1.807, 2.05) is 32.0 Å². The molecule has 0 saturated carbocycles. The molecule has 0 amide bonds. The number of nitrogens with one attached hydrogen (secondary N) is 1. The van der Waals surface area contributed by atoms with Crippen LogP contribution in [0.3, 0.4) is 0 Å². The van der Waals surface area contributed by atoms with Crippen LogP contribution in [0.2, 0.25) is 0 Å². The van der Waals surface area contributed by atoms with E-state index < -0.39 is 4.92 Å². The lowest BCUT2D eigenvalue weighted by Crippen LogP contribution is -2.04. The second kappa shape index (κ2) is 7.49. The molecule has 0 atom stereocenters. The van der Waals surface area contributed by atoms with Gasteiger partial charge in [-0.3, -0.25) is 10.1 Å². The zero-order valence-electron chi connectivity index (χ0n) is 14.1. The summed E-state index contributed by atoms with van der Waals surface area (Å²) in [5, 5.41) is 14.6. The first-order chi connectivity index (χ1) is 12.4. The van der Waals surface area contributed by atoms with Gasteiger partial charge in [0.1, 0.15) is 12.1 Å². The van der Waals surface area contributed by atoms with Gasteiger partial charge in [0.15, 0.2) is 0 Å². The smallest absolute Gasteiger partial charge is 0.373 e. The molecule has 132 valence electrons. The van der Waals surface area contributed by atoms with Gasteiger partial charge in [0.25, 0.3) is 0 Å². The molecular formula is C18H15BrN4O3. The van der Waals surface area contributed by atoms with Crippen LogP contribution in [-0.2, 0) is 0 Å². The average molecular weight is 415 g/mol. The predicted molar refractivity (Wildman–Crippen MR) is 102 cm³/mol. The van der Waals surface area contributed by atoms with E-state index in [0.29, 0.717) is 5.75 Å². The van der Waals surface area contributed by atoms with E-state index in [-0.39, 0.29) is 17.4 Å². The molecule has 0 bridgehead atoms. The van der Waals surface area contributed by atoms with Crippen molar-refractivity contribution in [2.45, 2.75) is 13.8 Å². The SMILES string of the molecule is Cc1ccc(C)c(Nc2ncnc(Oc3ccc(Br)cc3)c2[N+](=O)[O-])c1. The Labute approximate surface area is 158 Å². The van der Waals surface area contributed by atoms with Gasteiger partial charge >= 0.3 is 11.6 Å². The molecule has 0 aliphatic rings. The molecule has 3 rings (SSSR count). The molecule has 3 aromatic rings. The third-order valence-corrected chi connectivity index (χ3v) is 4.17. The Morgan fingerprint density at radius 1 is 1.12 bits per heavy atom. The lowest BCUT2D eigenvalue weighted by Gasteiger charge is -2.11. The van der Waals surface area contributed by atoms with E-state index in [9.17, 15) is 10.1 Å². The molecule has 2 aromatic carbocycles. The highest BCUT2D eigenvalue weighted by molar-refractivity contribution is 9.10. The van der Waals surface area contributed by atoms with Crippen molar-refractivity contribution in [2.75, 3.05) is 5.32 Å². The largest absolute Gasteiger partial charge is 0.434 e. The van der Waals surface area contributed by atoms with Gasteiger partial charge in [-0.05, 0) is 55.3 Å². The number of hydrogen-bond donors (Lipinski definition) is 1. The van der Waals surface area contributed by atoms with E-state index >= 15 is 0 Å². The summed E-state index contributed by atoms with van der Waals surface area (Å²) in [6.45, 7) is 3.86. The molecule has 0 unspecified atom stereocenters. The Morgan fingerprint density at radius 2 is 1.85 bits per heavy atom. The quantitative estimate of drug-likeness (QED) is 0.449. The molecule has 0 aliphatic heterocycles. The Balaban J connectivity index is 1.99. The van der Waals surface area contributed by atoms with Crippen LogP contribution in [0.4, 0.5) is 17.2 Å². The number of hydrogen-bond acceptors (Lipinski definition) is 6. The van der Waals surface area contributed by atoms with Gasteiger partial charge in [-0.2, -0.15) is 4.98 Å². The molecule has 7 nitrogen and oxygen atoms in total. The van der Waals surface area contributed by atoms with Crippen LogP contribution in [0.1, 0.15) is 11.1 Å². The van der Waals surface area contributed by atoms with Gasteiger partial charge in [-0.15, -0.1) is 0 Å². The summed E-state index contributed by atoms with van der Waals surface area (Å²) in [5.74, 6) is 0.388. The van der Waals surface area contributed by atoms with Crippen molar-refractivity contribution in [3.8, 4) is 11.6 Å².